The molecular formula is C59H62N4O13. The molecule has 0 aliphatic heterocycles. The van der Waals surface area contributed by atoms with E-state index in [2.05, 4.69) is 16.0 Å². The van der Waals surface area contributed by atoms with E-state index < -0.39 is 66.2 Å². The number of carbonyl (C=O) groups excluding carboxylic acids is 8. The molecule has 0 aliphatic rings. The summed E-state index contributed by atoms with van der Waals surface area (Å²) in [4.78, 5) is 112. The van der Waals surface area contributed by atoms with Crippen molar-refractivity contribution in [3.8, 4) is 17.1 Å². The van der Waals surface area contributed by atoms with Crippen LogP contribution in [0.3, 0.4) is 0 Å². The number of carbonyl (C=O) groups is 8. The highest BCUT2D eigenvalue weighted by molar-refractivity contribution is 6.00. The first-order valence-corrected chi connectivity index (χ1v) is 25.1. The number of rotatable bonds is 29. The molecule has 17 nitrogen and oxygen atoms in total. The van der Waals surface area contributed by atoms with Crippen LogP contribution in [0.15, 0.2) is 156 Å². The van der Waals surface area contributed by atoms with Crippen LogP contribution in [0.2, 0.25) is 0 Å². The standard InChI is InChI=1S/C59H62N4O13/c1-4-6-11-28-46(49(5-2)63(39-64)76-59(71)54(43-24-16-9-17-25-43)44-26-18-10-19-27-44)55(67)60-38-61-57(69)51-32-31-50(75-51)45-29-30-47(52(34-45)72-37-53(66)73-35-41-20-12-7-13-21-41)56(68)62-48(33-40(3)65)58(70)74-36-42-22-14-8-15-23-42/h7-10,12-27,29-32,34,39,46,48-49,54H,4-6,11,28,33,35-38H2,1-3H3,(H,60,67)(H,61,69)(H,62,68)/t46-,48+,49-/m1/s1. The zero-order chi connectivity index (χ0) is 54.2. The van der Waals surface area contributed by atoms with Gasteiger partial charge in [-0.25, -0.2) is 14.4 Å². The lowest BCUT2D eigenvalue weighted by atomic mass is 9.90. The van der Waals surface area contributed by atoms with Gasteiger partial charge in [0.1, 0.15) is 42.5 Å². The van der Waals surface area contributed by atoms with Crippen LogP contribution in [0.4, 0.5) is 0 Å². The summed E-state index contributed by atoms with van der Waals surface area (Å²) >= 11 is 0. The fourth-order valence-electron chi connectivity index (χ4n) is 8.32. The maximum atomic E-state index is 14.0. The lowest BCUT2D eigenvalue weighted by Crippen LogP contribution is -2.49. The van der Waals surface area contributed by atoms with E-state index in [0.717, 1.165) is 23.5 Å². The van der Waals surface area contributed by atoms with E-state index >= 15 is 0 Å². The Morgan fingerprint density at radius 3 is 1.86 bits per heavy atom. The summed E-state index contributed by atoms with van der Waals surface area (Å²) in [6, 6.07) is 40.9. The molecule has 5 aromatic carbocycles. The average molecular weight is 1040 g/mol. The molecule has 0 saturated heterocycles. The topological polar surface area (TPSA) is 226 Å². The Bertz CT molecular complexity index is 2840. The highest BCUT2D eigenvalue weighted by atomic mass is 16.7. The van der Waals surface area contributed by atoms with Crippen LogP contribution < -0.4 is 20.7 Å². The molecule has 396 valence electrons. The number of Topliss-reactive ketones (excluding diaryl/α,β-unsaturated/α-hetero) is 1. The van der Waals surface area contributed by atoms with Crippen molar-refractivity contribution in [1.29, 1.82) is 0 Å². The third-order valence-corrected chi connectivity index (χ3v) is 12.2. The number of hydrogen-bond donors (Lipinski definition) is 3. The predicted octanol–water partition coefficient (Wildman–Crippen LogP) is 8.42. The largest absolute Gasteiger partial charge is 0.481 e. The number of furan rings is 1. The summed E-state index contributed by atoms with van der Waals surface area (Å²) in [6.45, 7) is 4.01. The second-order valence-corrected chi connectivity index (χ2v) is 17.8. The zero-order valence-electron chi connectivity index (χ0n) is 42.6. The summed E-state index contributed by atoms with van der Waals surface area (Å²) in [5, 5.41) is 8.86. The normalized spacial score (nSPS) is 12.0. The SMILES string of the molecule is CCCCC[C@@H](C(=O)NCNC(=O)c1ccc(-c2ccc(C(=O)N[C@@H](CC(C)=O)C(=O)OCc3ccccc3)c(OCC(=O)OCc3ccccc3)c2)o1)[C@@H](CC)N(C=O)OC(=O)C(c1ccccc1)c1ccccc1. The van der Waals surface area contributed by atoms with Gasteiger partial charge >= 0.3 is 17.9 Å². The van der Waals surface area contributed by atoms with Crippen LogP contribution in [-0.4, -0.2) is 78.2 Å². The third kappa shape index (κ3) is 16.6. The lowest BCUT2D eigenvalue weighted by Gasteiger charge is -2.32. The Hall–Kier alpha value is -8.86. The fourth-order valence-corrected chi connectivity index (χ4v) is 8.32. The van der Waals surface area contributed by atoms with Gasteiger partial charge in [0.25, 0.3) is 11.8 Å². The number of hydroxylamine groups is 2. The number of ether oxygens (including phenoxy) is 3. The van der Waals surface area contributed by atoms with Gasteiger partial charge in [0, 0.05) is 12.0 Å². The number of ketones is 1. The van der Waals surface area contributed by atoms with Gasteiger partial charge in [0.05, 0.1) is 24.2 Å². The second-order valence-electron chi connectivity index (χ2n) is 17.8. The predicted molar refractivity (Wildman–Crippen MR) is 280 cm³/mol. The Kier molecular flexibility index (Phi) is 21.6. The van der Waals surface area contributed by atoms with Crippen LogP contribution in [-0.2, 0) is 56.3 Å². The van der Waals surface area contributed by atoms with E-state index in [1.54, 1.807) is 104 Å². The minimum absolute atomic E-state index is 0.0324. The molecular weight excluding hydrogens is 973 g/mol. The third-order valence-electron chi connectivity index (χ3n) is 12.2. The Labute approximate surface area is 441 Å². The first kappa shape index (κ1) is 56.4. The van der Waals surface area contributed by atoms with Crippen molar-refractivity contribution in [2.24, 2.45) is 5.92 Å². The number of unbranched alkanes of at least 4 members (excludes halogenated alkanes) is 2. The Balaban J connectivity index is 1.14. The maximum Gasteiger partial charge on any atom is 0.344 e. The monoisotopic (exact) mass is 1030 g/mol. The Morgan fingerprint density at radius 2 is 1.28 bits per heavy atom. The summed E-state index contributed by atoms with van der Waals surface area (Å²) in [5.41, 5.74) is 2.98. The lowest BCUT2D eigenvalue weighted by molar-refractivity contribution is -0.205. The van der Waals surface area contributed by atoms with Crippen LogP contribution in [0.25, 0.3) is 11.3 Å². The molecule has 0 bridgehead atoms. The van der Waals surface area contributed by atoms with Crippen molar-refractivity contribution in [3.63, 3.8) is 0 Å². The second kappa shape index (κ2) is 29.1. The van der Waals surface area contributed by atoms with Crippen molar-refractivity contribution in [2.75, 3.05) is 13.3 Å². The van der Waals surface area contributed by atoms with Crippen LogP contribution in [0, 0.1) is 5.92 Å². The van der Waals surface area contributed by atoms with Gasteiger partial charge < -0.3 is 39.4 Å². The van der Waals surface area contributed by atoms with Gasteiger partial charge in [-0.2, -0.15) is 5.06 Å². The van der Waals surface area contributed by atoms with E-state index in [1.807, 2.05) is 31.2 Å². The molecule has 6 aromatic rings. The van der Waals surface area contributed by atoms with Crippen molar-refractivity contribution in [3.05, 3.63) is 185 Å². The maximum absolute atomic E-state index is 14.0. The molecule has 1 aromatic heterocycles. The molecule has 17 heteroatoms. The number of amides is 4. The molecule has 0 fully saturated rings. The minimum atomic E-state index is -1.36. The van der Waals surface area contributed by atoms with Crippen LogP contribution in [0.5, 0.6) is 5.75 Å². The van der Waals surface area contributed by atoms with Gasteiger partial charge in [0.15, 0.2) is 12.4 Å². The van der Waals surface area contributed by atoms with E-state index in [9.17, 15) is 38.4 Å². The van der Waals surface area contributed by atoms with Gasteiger partial charge in [-0.05, 0) is 66.3 Å². The smallest absolute Gasteiger partial charge is 0.344 e. The molecule has 76 heavy (non-hydrogen) atoms. The van der Waals surface area contributed by atoms with Crippen molar-refractivity contribution in [1.82, 2.24) is 21.0 Å². The summed E-state index contributed by atoms with van der Waals surface area (Å²) in [5.74, 6) is -6.44. The average Bonchev–Trinajstić information content (AvgIpc) is 3.94. The molecule has 0 radical (unpaired) electrons. The molecule has 6 rings (SSSR count). The first-order chi connectivity index (χ1) is 36.9. The Morgan fingerprint density at radius 1 is 0.671 bits per heavy atom. The number of benzene rings is 5. The number of esters is 2. The van der Waals surface area contributed by atoms with Crippen molar-refractivity contribution in [2.45, 2.75) is 90.5 Å². The fraction of sp³-hybridized carbons (Fsp3) is 0.288. The molecule has 1 heterocycles. The van der Waals surface area contributed by atoms with E-state index in [-0.39, 0.29) is 61.3 Å². The summed E-state index contributed by atoms with van der Waals surface area (Å²) < 4.78 is 22.6. The van der Waals surface area contributed by atoms with E-state index in [0.29, 0.717) is 41.5 Å². The molecule has 0 unspecified atom stereocenters. The van der Waals surface area contributed by atoms with Crippen LogP contribution >= 0.6 is 0 Å². The molecule has 0 spiro atoms. The van der Waals surface area contributed by atoms with Gasteiger partial charge in [0.2, 0.25) is 12.3 Å². The van der Waals surface area contributed by atoms with Crippen LogP contribution in [0.1, 0.15) is 108 Å². The number of hydrogen-bond acceptors (Lipinski definition) is 13. The summed E-state index contributed by atoms with van der Waals surface area (Å²) in [7, 11) is 0. The van der Waals surface area contributed by atoms with E-state index in [1.165, 1.54) is 37.3 Å². The highest BCUT2D eigenvalue weighted by Gasteiger charge is 2.36. The molecule has 3 N–H and O–H groups in total. The minimum Gasteiger partial charge on any atom is -0.481 e. The van der Waals surface area contributed by atoms with Gasteiger partial charge in [-0.3, -0.25) is 24.0 Å². The highest BCUT2D eigenvalue weighted by Crippen LogP contribution is 2.31. The first-order valence-electron chi connectivity index (χ1n) is 25.1. The molecule has 0 saturated carbocycles. The molecule has 0 aliphatic carbocycles. The quantitative estimate of drug-likeness (QED) is 0.0132. The zero-order valence-corrected chi connectivity index (χ0v) is 42.6. The summed E-state index contributed by atoms with van der Waals surface area (Å²) in [6.07, 6.45) is 2.99. The van der Waals surface area contributed by atoms with Crippen molar-refractivity contribution < 1.29 is 61.8 Å². The number of nitrogens with zero attached hydrogens (tertiary/aromatic N) is 1. The van der Waals surface area contributed by atoms with Crippen molar-refractivity contribution >= 4 is 47.8 Å². The van der Waals surface area contributed by atoms with E-state index in [4.69, 9.17) is 23.5 Å². The number of nitrogens with one attached hydrogen (secondary N) is 3. The molecule has 4 amide bonds. The molecule has 3 atom stereocenters. The van der Waals surface area contributed by atoms with Gasteiger partial charge in [-0.1, -0.05) is 161 Å². The van der Waals surface area contributed by atoms with Gasteiger partial charge in [-0.15, -0.1) is 0 Å².